The van der Waals surface area contributed by atoms with Crippen LogP contribution in [0.1, 0.15) is 38.8 Å². The second kappa shape index (κ2) is 14.0. The lowest BCUT2D eigenvalue weighted by Gasteiger charge is -2.25. The molecule has 0 saturated heterocycles. The number of aromatic nitrogens is 4. The van der Waals surface area contributed by atoms with E-state index in [2.05, 4.69) is 25.6 Å². The van der Waals surface area contributed by atoms with Crippen LogP contribution in [0.5, 0.6) is 0 Å². The number of ketones is 2. The summed E-state index contributed by atoms with van der Waals surface area (Å²) < 4.78 is 51.5. The fourth-order valence-corrected chi connectivity index (χ4v) is 7.62. The standard InChI is InChI=1S/C41H30FN7O6S/c1-3-49(25-14-8-5-9-15-25)41-46-39(42)45-40(47-41)44-29-22-24(18-21-31(29)56(53,54)55)43-28-19-20-30-34-32(26-16-10-11-17-27(26)37(51)33(28)34)35(38(52)48(30)2)36(50)23-12-6-4-7-13-23/h4-22,43H,3H2,1-2H3,(H,53,54,55)(H,44,45,46,47). The average Bonchev–Trinajstić information content (AvgIpc) is 3.19. The Bertz CT molecular complexity index is 2920. The minimum Gasteiger partial charge on any atom is -0.355 e. The number of aryl methyl sites for hydroxylation is 1. The van der Waals surface area contributed by atoms with Crippen LogP contribution in [0.25, 0.3) is 22.0 Å². The molecule has 0 fully saturated rings. The maximum Gasteiger partial charge on any atom is 0.315 e. The van der Waals surface area contributed by atoms with Gasteiger partial charge in [0.25, 0.3) is 15.7 Å². The van der Waals surface area contributed by atoms with Gasteiger partial charge in [0.1, 0.15) is 4.90 Å². The number of para-hydroxylation sites is 1. The summed E-state index contributed by atoms with van der Waals surface area (Å²) in [5.41, 5.74) is 2.26. The zero-order chi connectivity index (χ0) is 39.3. The molecular formula is C41H30FN7O6S. The molecule has 0 radical (unpaired) electrons. The summed E-state index contributed by atoms with van der Waals surface area (Å²) >= 11 is 0. The molecule has 8 rings (SSSR count). The Morgan fingerprint density at radius 3 is 2.18 bits per heavy atom. The number of nitrogens with one attached hydrogen (secondary N) is 2. The van der Waals surface area contributed by atoms with E-state index in [1.165, 1.54) is 23.7 Å². The largest absolute Gasteiger partial charge is 0.355 e. The number of anilines is 6. The summed E-state index contributed by atoms with van der Waals surface area (Å²) in [5.74, 6) is -1.28. The van der Waals surface area contributed by atoms with Crippen LogP contribution < -0.4 is 21.1 Å². The van der Waals surface area contributed by atoms with Gasteiger partial charge in [-0.05, 0) is 55.0 Å². The molecule has 278 valence electrons. The number of carbonyl (C=O) groups excluding carboxylic acids is 2. The molecule has 0 unspecified atom stereocenters. The second-order valence-corrected chi connectivity index (χ2v) is 14.2. The lowest BCUT2D eigenvalue weighted by atomic mass is 9.80. The van der Waals surface area contributed by atoms with Gasteiger partial charge in [0, 0.05) is 47.0 Å². The number of pyridine rings is 1. The molecule has 7 aromatic rings. The van der Waals surface area contributed by atoms with Crippen molar-refractivity contribution in [1.29, 1.82) is 0 Å². The van der Waals surface area contributed by atoms with E-state index in [0.29, 0.717) is 39.8 Å². The van der Waals surface area contributed by atoms with Crippen LogP contribution in [0.15, 0.2) is 125 Å². The van der Waals surface area contributed by atoms with E-state index in [-0.39, 0.29) is 51.4 Å². The SMILES string of the molecule is CCN(c1ccccc1)c1nc(F)nc(Nc2cc(Nc3ccc4c5c3C(=O)c3ccccc3-c5c(C(=O)c3ccccc3)c(=O)n4C)ccc2S(=O)(=O)O)n1. The molecule has 0 bridgehead atoms. The van der Waals surface area contributed by atoms with Crippen LogP contribution in [-0.2, 0) is 17.2 Å². The van der Waals surface area contributed by atoms with E-state index in [1.807, 2.05) is 13.0 Å². The molecule has 0 atom stereocenters. The molecule has 0 saturated carbocycles. The van der Waals surface area contributed by atoms with E-state index in [4.69, 9.17) is 0 Å². The maximum absolute atomic E-state index is 14.9. The highest BCUT2D eigenvalue weighted by molar-refractivity contribution is 7.86. The summed E-state index contributed by atoms with van der Waals surface area (Å²) in [5, 5.41) is 6.27. The lowest BCUT2D eigenvalue weighted by Crippen LogP contribution is -2.29. The third-order valence-corrected chi connectivity index (χ3v) is 10.4. The predicted octanol–water partition coefficient (Wildman–Crippen LogP) is 7.20. The Balaban J connectivity index is 1.26. The number of benzene rings is 5. The van der Waals surface area contributed by atoms with Crippen LogP contribution in [-0.4, -0.2) is 50.6 Å². The molecule has 0 aliphatic heterocycles. The van der Waals surface area contributed by atoms with Crippen LogP contribution in [0.4, 0.5) is 39.0 Å². The third-order valence-electron chi connectivity index (χ3n) is 9.50. The molecular weight excluding hydrogens is 738 g/mol. The van der Waals surface area contributed by atoms with Gasteiger partial charge >= 0.3 is 6.08 Å². The first kappa shape index (κ1) is 35.9. The summed E-state index contributed by atoms with van der Waals surface area (Å²) in [6.45, 7) is 2.18. The topological polar surface area (TPSA) is 176 Å². The number of hydrogen-bond acceptors (Lipinski definition) is 11. The van der Waals surface area contributed by atoms with Crippen molar-refractivity contribution in [2.75, 3.05) is 22.1 Å². The van der Waals surface area contributed by atoms with Crippen LogP contribution in [0, 0.1) is 6.08 Å². The first-order chi connectivity index (χ1) is 26.9. The van der Waals surface area contributed by atoms with E-state index >= 15 is 0 Å². The van der Waals surface area contributed by atoms with Gasteiger partial charge in [0.15, 0.2) is 11.6 Å². The van der Waals surface area contributed by atoms with E-state index in [9.17, 15) is 31.7 Å². The minimum atomic E-state index is -4.84. The van der Waals surface area contributed by atoms with Gasteiger partial charge in [0.2, 0.25) is 11.9 Å². The molecule has 13 nitrogen and oxygen atoms in total. The van der Waals surface area contributed by atoms with Gasteiger partial charge in [-0.15, -0.1) is 0 Å². The molecule has 0 amide bonds. The normalized spacial score (nSPS) is 12.0. The summed E-state index contributed by atoms with van der Waals surface area (Å²) in [4.78, 5) is 55.4. The molecule has 2 heterocycles. The smallest absolute Gasteiger partial charge is 0.315 e. The molecule has 3 N–H and O–H groups in total. The highest BCUT2D eigenvalue weighted by atomic mass is 32.2. The van der Waals surface area contributed by atoms with Crippen molar-refractivity contribution in [1.82, 2.24) is 19.5 Å². The number of halogens is 1. The summed E-state index contributed by atoms with van der Waals surface area (Å²) in [7, 11) is -3.30. The molecule has 15 heteroatoms. The van der Waals surface area contributed by atoms with E-state index in [0.717, 1.165) is 6.07 Å². The van der Waals surface area contributed by atoms with Crippen molar-refractivity contribution in [3.8, 4) is 11.1 Å². The minimum absolute atomic E-state index is 0.0549. The van der Waals surface area contributed by atoms with Crippen molar-refractivity contribution in [3.05, 3.63) is 154 Å². The molecule has 1 aliphatic carbocycles. The van der Waals surface area contributed by atoms with E-state index < -0.39 is 32.4 Å². The second-order valence-electron chi connectivity index (χ2n) is 12.8. The highest BCUT2D eigenvalue weighted by Gasteiger charge is 2.34. The average molecular weight is 768 g/mol. The van der Waals surface area contributed by atoms with Crippen molar-refractivity contribution in [2.45, 2.75) is 11.8 Å². The summed E-state index contributed by atoms with van der Waals surface area (Å²) in [6, 6.07) is 31.2. The van der Waals surface area contributed by atoms with Gasteiger partial charge < -0.3 is 20.1 Å². The Labute approximate surface area is 318 Å². The third kappa shape index (κ3) is 6.23. The molecule has 2 aromatic heterocycles. The maximum atomic E-state index is 14.9. The number of fused-ring (bicyclic) bond motifs is 2. The van der Waals surface area contributed by atoms with Crippen molar-refractivity contribution in [2.24, 2.45) is 7.05 Å². The van der Waals surface area contributed by atoms with Gasteiger partial charge in [-0.1, -0.05) is 72.8 Å². The molecule has 1 aliphatic rings. The molecule has 56 heavy (non-hydrogen) atoms. The van der Waals surface area contributed by atoms with Crippen molar-refractivity contribution < 1.29 is 27.0 Å². The van der Waals surface area contributed by atoms with Crippen LogP contribution in [0.3, 0.4) is 0 Å². The fourth-order valence-electron chi connectivity index (χ4n) is 6.99. The van der Waals surface area contributed by atoms with Crippen LogP contribution >= 0.6 is 0 Å². The molecule has 0 spiro atoms. The Morgan fingerprint density at radius 2 is 1.48 bits per heavy atom. The lowest BCUT2D eigenvalue weighted by molar-refractivity contribution is 0.102. The zero-order valence-electron chi connectivity index (χ0n) is 29.7. The van der Waals surface area contributed by atoms with Gasteiger partial charge in [0.05, 0.1) is 28.0 Å². The quantitative estimate of drug-likeness (QED) is 0.0944. The van der Waals surface area contributed by atoms with Gasteiger partial charge in [-0.2, -0.15) is 27.8 Å². The Morgan fingerprint density at radius 1 is 0.804 bits per heavy atom. The number of carbonyl (C=O) groups is 2. The highest BCUT2D eigenvalue weighted by Crippen LogP contribution is 2.44. The fraction of sp³-hybridized carbons (Fsp3) is 0.0732. The first-order valence-electron chi connectivity index (χ1n) is 17.3. The Kier molecular flexibility index (Phi) is 8.95. The number of hydrogen-bond donors (Lipinski definition) is 3. The number of nitrogens with zero attached hydrogens (tertiary/aromatic N) is 5. The van der Waals surface area contributed by atoms with Crippen molar-refractivity contribution in [3.63, 3.8) is 0 Å². The zero-order valence-corrected chi connectivity index (χ0v) is 30.5. The first-order valence-corrected chi connectivity index (χ1v) is 18.7. The summed E-state index contributed by atoms with van der Waals surface area (Å²) in [6.07, 6.45) is -1.14. The molecule has 5 aromatic carbocycles. The van der Waals surface area contributed by atoms with Gasteiger partial charge in [-0.25, -0.2) is 0 Å². The predicted molar refractivity (Wildman–Crippen MR) is 210 cm³/mol. The van der Waals surface area contributed by atoms with Crippen molar-refractivity contribution >= 4 is 67.2 Å². The Hall–Kier alpha value is -7.10. The van der Waals surface area contributed by atoms with Crippen LogP contribution in [0.2, 0.25) is 0 Å². The monoisotopic (exact) mass is 767 g/mol. The van der Waals surface area contributed by atoms with E-state index in [1.54, 1.807) is 95.9 Å². The van der Waals surface area contributed by atoms with Gasteiger partial charge in [-0.3, -0.25) is 18.9 Å². The number of rotatable bonds is 10.